The average Bonchev–Trinajstić information content (AvgIpc) is 2.83. The number of hydrogen-bond acceptors (Lipinski definition) is 7. The molecule has 13 heteroatoms. The molecule has 1 aromatic carbocycles. The number of carbonyl (C=O) groups is 1. The number of carbonyl (C=O) groups excluding carboxylic acids is 1. The van der Waals surface area contributed by atoms with Crippen LogP contribution in [0.25, 0.3) is 0 Å². The minimum atomic E-state index is -4.58. The van der Waals surface area contributed by atoms with Gasteiger partial charge in [0.15, 0.2) is 4.75 Å². The highest BCUT2D eigenvalue weighted by Crippen LogP contribution is 2.39. The molecule has 2 atom stereocenters. The highest BCUT2D eigenvalue weighted by molar-refractivity contribution is 7.91. The summed E-state index contributed by atoms with van der Waals surface area (Å²) in [7, 11) is 1.63. The number of halogens is 4. The maximum atomic E-state index is 13.7. The highest BCUT2D eigenvalue weighted by atomic mass is 32.2. The van der Waals surface area contributed by atoms with E-state index in [4.69, 9.17) is 14.1 Å². The number of alkyl halides is 3. The molecule has 1 aromatic heterocycles. The van der Waals surface area contributed by atoms with Crippen molar-refractivity contribution in [2.24, 2.45) is 5.14 Å². The molecule has 0 spiro atoms. The van der Waals surface area contributed by atoms with Gasteiger partial charge < -0.3 is 14.5 Å². The molecule has 0 bridgehead atoms. The molecule has 1 amide bonds. The molecule has 39 heavy (non-hydrogen) atoms. The van der Waals surface area contributed by atoms with Gasteiger partial charge in [-0.05, 0) is 59.2 Å². The molecule has 2 unspecified atom stereocenters. The quantitative estimate of drug-likeness (QED) is 0.395. The van der Waals surface area contributed by atoms with Crippen molar-refractivity contribution in [3.8, 4) is 0 Å². The second-order valence-corrected chi connectivity index (χ2v) is 13.0. The first-order chi connectivity index (χ1) is 17.9. The zero-order chi connectivity index (χ0) is 29.6. The smallest absolute Gasteiger partial charge is 0.410 e. The van der Waals surface area contributed by atoms with E-state index in [0.29, 0.717) is 26.2 Å². The Balaban J connectivity index is 0.000000580. The number of ether oxygens (including phenoxy) is 1. The van der Waals surface area contributed by atoms with Gasteiger partial charge in [-0.3, -0.25) is 0 Å². The Hall–Kier alpha value is -2.64. The summed E-state index contributed by atoms with van der Waals surface area (Å²) >= 11 is -0.394. The lowest BCUT2D eigenvalue weighted by atomic mass is 9.93. The van der Waals surface area contributed by atoms with Gasteiger partial charge in [-0.15, -0.1) is 5.14 Å². The van der Waals surface area contributed by atoms with E-state index in [-0.39, 0.29) is 21.8 Å². The van der Waals surface area contributed by atoms with Crippen LogP contribution in [-0.2, 0) is 20.3 Å². The second kappa shape index (κ2) is 13.1. The molecule has 1 fully saturated rings. The number of nitrogens with zero attached hydrogens (tertiary/aromatic N) is 4. The van der Waals surface area contributed by atoms with Crippen molar-refractivity contribution in [3.05, 3.63) is 53.6 Å². The Kier molecular flexibility index (Phi) is 11.0. The minimum absolute atomic E-state index is 0.0868. The van der Waals surface area contributed by atoms with Crippen LogP contribution in [0.4, 0.5) is 28.3 Å². The number of anilines is 1. The summed E-state index contributed by atoms with van der Waals surface area (Å²) in [5.74, 6) is -2.28. The van der Waals surface area contributed by atoms with Crippen LogP contribution in [0.5, 0.6) is 0 Å². The molecule has 1 aliphatic rings. The maximum absolute atomic E-state index is 13.7. The molecule has 2 heterocycles. The Morgan fingerprint density at radius 2 is 1.46 bits per heavy atom. The van der Waals surface area contributed by atoms with Gasteiger partial charge in [0.2, 0.25) is 17.3 Å². The first-order valence-electron chi connectivity index (χ1n) is 12.3. The predicted molar refractivity (Wildman–Crippen MR) is 145 cm³/mol. The van der Waals surface area contributed by atoms with Crippen LogP contribution >= 0.6 is 0 Å². The Morgan fingerprint density at radius 1 is 0.949 bits per heavy atom. The summed E-state index contributed by atoms with van der Waals surface area (Å²) in [4.78, 5) is 23.8. The number of nitrogens with two attached hydrogens (primary N) is 1. The van der Waals surface area contributed by atoms with E-state index >= 15 is 0 Å². The Bertz CT molecular complexity index is 1050. The van der Waals surface area contributed by atoms with Crippen LogP contribution in [0, 0.1) is 5.82 Å². The SMILES string of the molecule is CC(C)(C)OC(=O)N1CCN(c2ncc(C(c3ccc(F)cc3)C(F)(F)F)cn2)CC1.CO[S+](N)C(C)(C)C. The lowest BCUT2D eigenvalue weighted by Gasteiger charge is -2.35. The van der Waals surface area contributed by atoms with E-state index in [0.717, 1.165) is 36.7 Å². The van der Waals surface area contributed by atoms with Crippen molar-refractivity contribution in [1.82, 2.24) is 14.9 Å². The van der Waals surface area contributed by atoms with E-state index in [2.05, 4.69) is 30.7 Å². The molecule has 0 aliphatic carbocycles. The van der Waals surface area contributed by atoms with Crippen molar-refractivity contribution < 1.29 is 31.3 Å². The number of amides is 1. The number of aromatic nitrogens is 2. The molecule has 1 aliphatic heterocycles. The van der Waals surface area contributed by atoms with Crippen molar-refractivity contribution in [2.75, 3.05) is 38.2 Å². The van der Waals surface area contributed by atoms with Gasteiger partial charge in [-0.2, -0.15) is 17.4 Å². The number of hydrogen-bond donors (Lipinski definition) is 1. The van der Waals surface area contributed by atoms with Crippen molar-refractivity contribution >= 4 is 23.4 Å². The van der Waals surface area contributed by atoms with Gasteiger partial charge in [-0.25, -0.2) is 19.2 Å². The zero-order valence-electron chi connectivity index (χ0n) is 23.4. The molecule has 0 saturated carbocycles. The predicted octanol–water partition coefficient (Wildman–Crippen LogP) is 5.21. The lowest BCUT2D eigenvalue weighted by molar-refractivity contribution is -0.141. The van der Waals surface area contributed by atoms with Crippen LogP contribution in [0.15, 0.2) is 36.7 Å². The summed E-state index contributed by atoms with van der Waals surface area (Å²) in [6, 6.07) is 4.20. The molecule has 218 valence electrons. The van der Waals surface area contributed by atoms with Crippen molar-refractivity contribution in [2.45, 2.75) is 64.0 Å². The molecule has 1 saturated heterocycles. The van der Waals surface area contributed by atoms with Gasteiger partial charge in [0.1, 0.15) is 17.3 Å². The third kappa shape index (κ3) is 10.1. The van der Waals surface area contributed by atoms with E-state index in [1.807, 2.05) is 0 Å². The Labute approximate surface area is 230 Å². The van der Waals surface area contributed by atoms with Crippen LogP contribution in [-0.4, -0.2) is 70.8 Å². The zero-order valence-corrected chi connectivity index (χ0v) is 24.2. The van der Waals surface area contributed by atoms with E-state index in [1.165, 1.54) is 0 Å². The van der Waals surface area contributed by atoms with Crippen LogP contribution in [0.3, 0.4) is 0 Å². The topological polar surface area (TPSA) is 93.8 Å². The summed E-state index contributed by atoms with van der Waals surface area (Å²) in [6.07, 6.45) is -2.70. The van der Waals surface area contributed by atoms with Crippen LogP contribution in [0.1, 0.15) is 58.6 Å². The fourth-order valence-corrected chi connectivity index (χ4v) is 4.03. The summed E-state index contributed by atoms with van der Waals surface area (Å²) < 4.78 is 64.5. The normalized spacial score (nSPS) is 16.2. The van der Waals surface area contributed by atoms with Crippen LogP contribution in [0.2, 0.25) is 0 Å². The van der Waals surface area contributed by atoms with Crippen molar-refractivity contribution in [1.29, 1.82) is 0 Å². The van der Waals surface area contributed by atoms with Gasteiger partial charge in [0.25, 0.3) is 0 Å². The first kappa shape index (κ1) is 32.6. The number of benzene rings is 1. The molecular weight excluding hydrogens is 538 g/mol. The average molecular weight is 577 g/mol. The Morgan fingerprint density at radius 3 is 1.85 bits per heavy atom. The fraction of sp³-hybridized carbons (Fsp3) is 0.577. The number of piperazine rings is 1. The van der Waals surface area contributed by atoms with Gasteiger partial charge >= 0.3 is 12.3 Å². The minimum Gasteiger partial charge on any atom is -0.444 e. The highest BCUT2D eigenvalue weighted by Gasteiger charge is 2.42. The molecule has 2 aromatic rings. The second-order valence-electron chi connectivity index (χ2n) is 10.9. The van der Waals surface area contributed by atoms with Gasteiger partial charge in [0.05, 0.1) is 7.11 Å². The standard InChI is InChI=1S/C21H24F4N4O2.C5H14NOS/c1-20(2,3)31-19(30)29-10-8-28(9-11-29)18-26-12-15(13-27-18)17(21(23,24)25)14-4-6-16(22)7-5-14;1-5(2,3)8(6)7-4/h4-7,12-13,17H,8-11H2,1-3H3;6H2,1-4H3/q;+1. The molecular formula is C26H38F4N5O3S+. The van der Waals surface area contributed by atoms with Crippen LogP contribution < -0.4 is 10.0 Å². The van der Waals surface area contributed by atoms with Crippen molar-refractivity contribution in [3.63, 3.8) is 0 Å². The monoisotopic (exact) mass is 576 g/mol. The largest absolute Gasteiger partial charge is 0.444 e. The van der Waals surface area contributed by atoms with E-state index in [1.54, 1.807) is 37.7 Å². The van der Waals surface area contributed by atoms with E-state index < -0.39 is 41.0 Å². The summed E-state index contributed by atoms with van der Waals surface area (Å²) in [5, 5.41) is 5.56. The molecule has 2 N–H and O–H groups in total. The first-order valence-corrected chi connectivity index (χ1v) is 13.5. The molecule has 3 rings (SSSR count). The number of rotatable bonds is 4. The third-order valence-corrected chi connectivity index (χ3v) is 7.09. The lowest BCUT2D eigenvalue weighted by Crippen LogP contribution is -2.50. The maximum Gasteiger partial charge on any atom is 0.410 e. The fourth-order valence-electron chi connectivity index (χ4n) is 3.53. The van der Waals surface area contributed by atoms with Gasteiger partial charge in [0, 0.05) is 44.1 Å². The molecule has 8 nitrogen and oxygen atoms in total. The van der Waals surface area contributed by atoms with E-state index in [9.17, 15) is 22.4 Å². The molecule has 0 radical (unpaired) electrons. The summed E-state index contributed by atoms with van der Waals surface area (Å²) in [5.41, 5.74) is -0.807. The third-order valence-electron chi connectivity index (χ3n) is 5.52. The van der Waals surface area contributed by atoms with Gasteiger partial charge in [-0.1, -0.05) is 12.1 Å². The summed E-state index contributed by atoms with van der Waals surface area (Å²) in [6.45, 7) is 13.2.